The number of nitrogens with zero attached hydrogens (tertiary/aromatic N) is 2. The van der Waals surface area contributed by atoms with Crippen LogP contribution in [0.1, 0.15) is 5.56 Å². The Bertz CT molecular complexity index is 657. The number of hydrogen-bond donors (Lipinski definition) is 3. The van der Waals surface area contributed by atoms with Crippen LogP contribution in [0.15, 0.2) is 39.0 Å². The summed E-state index contributed by atoms with van der Waals surface area (Å²) >= 11 is 0. The third kappa shape index (κ3) is 2.46. The first kappa shape index (κ1) is 10.8. The molecular formula is C10H8N4O3. The summed E-state index contributed by atoms with van der Waals surface area (Å²) in [4.78, 5) is 34.0. The lowest BCUT2D eigenvalue weighted by Crippen LogP contribution is -2.24. The zero-order valence-corrected chi connectivity index (χ0v) is 8.54. The molecule has 0 radical (unpaired) electrons. The van der Waals surface area contributed by atoms with E-state index in [4.69, 9.17) is 0 Å². The van der Waals surface area contributed by atoms with Crippen molar-refractivity contribution in [3.63, 3.8) is 0 Å². The Hall–Kier alpha value is -2.70. The van der Waals surface area contributed by atoms with Crippen LogP contribution < -0.4 is 11.2 Å². The molecule has 86 valence electrons. The van der Waals surface area contributed by atoms with Crippen molar-refractivity contribution in [1.82, 2.24) is 15.0 Å². The molecule has 0 atom stereocenters. The van der Waals surface area contributed by atoms with Gasteiger partial charge in [-0.3, -0.25) is 14.8 Å². The van der Waals surface area contributed by atoms with Gasteiger partial charge in [-0.2, -0.15) is 0 Å². The van der Waals surface area contributed by atoms with Crippen LogP contribution in [0.5, 0.6) is 5.88 Å². The molecule has 3 N–H and O–H groups in total. The third-order valence-electron chi connectivity index (χ3n) is 1.93. The SMILES string of the molecule is O=c1[nH]c(O)c(/C=N/c2ccccn2)c(=O)[nH]1. The summed E-state index contributed by atoms with van der Waals surface area (Å²) in [7, 11) is 0. The van der Waals surface area contributed by atoms with E-state index < -0.39 is 17.1 Å². The quantitative estimate of drug-likeness (QED) is 0.628. The van der Waals surface area contributed by atoms with Gasteiger partial charge in [0.1, 0.15) is 5.56 Å². The fourth-order valence-corrected chi connectivity index (χ4v) is 1.16. The predicted molar refractivity (Wildman–Crippen MR) is 60.8 cm³/mol. The first-order valence-electron chi connectivity index (χ1n) is 4.67. The van der Waals surface area contributed by atoms with Crippen LogP contribution in [-0.2, 0) is 0 Å². The normalized spacial score (nSPS) is 10.8. The van der Waals surface area contributed by atoms with E-state index in [2.05, 4.69) is 9.98 Å². The summed E-state index contributed by atoms with van der Waals surface area (Å²) in [6.45, 7) is 0. The maximum atomic E-state index is 11.3. The Morgan fingerprint density at radius 1 is 1.29 bits per heavy atom. The smallest absolute Gasteiger partial charge is 0.328 e. The van der Waals surface area contributed by atoms with Crippen LogP contribution in [0.2, 0.25) is 0 Å². The molecular weight excluding hydrogens is 224 g/mol. The highest BCUT2D eigenvalue weighted by atomic mass is 16.3. The molecule has 0 amide bonds. The fraction of sp³-hybridized carbons (Fsp3) is 0. The first-order valence-corrected chi connectivity index (χ1v) is 4.67. The summed E-state index contributed by atoms with van der Waals surface area (Å²) in [5.74, 6) is -0.143. The minimum Gasteiger partial charge on any atom is -0.494 e. The molecule has 0 aliphatic heterocycles. The number of rotatable bonds is 2. The van der Waals surface area contributed by atoms with Gasteiger partial charge in [0.05, 0.1) is 0 Å². The molecule has 0 aliphatic rings. The first-order chi connectivity index (χ1) is 8.16. The molecule has 0 bridgehead atoms. The second kappa shape index (κ2) is 4.44. The second-order valence-corrected chi connectivity index (χ2v) is 3.12. The minimum absolute atomic E-state index is 0.129. The van der Waals surface area contributed by atoms with Crippen molar-refractivity contribution in [3.05, 3.63) is 50.8 Å². The van der Waals surface area contributed by atoms with Crippen molar-refractivity contribution in [3.8, 4) is 5.88 Å². The van der Waals surface area contributed by atoms with Crippen LogP contribution in [0.4, 0.5) is 5.82 Å². The highest BCUT2D eigenvalue weighted by Gasteiger charge is 2.05. The Labute approximate surface area is 94.5 Å². The van der Waals surface area contributed by atoms with Gasteiger partial charge < -0.3 is 5.11 Å². The van der Waals surface area contributed by atoms with E-state index in [0.717, 1.165) is 6.21 Å². The Morgan fingerprint density at radius 2 is 2.12 bits per heavy atom. The second-order valence-electron chi connectivity index (χ2n) is 3.12. The number of aliphatic imine (C=N–C) groups is 1. The van der Waals surface area contributed by atoms with E-state index in [-0.39, 0.29) is 5.56 Å². The summed E-state index contributed by atoms with van der Waals surface area (Å²) in [6.07, 6.45) is 2.68. The Balaban J connectivity index is 2.41. The fourth-order valence-electron chi connectivity index (χ4n) is 1.16. The van der Waals surface area contributed by atoms with E-state index in [1.165, 1.54) is 0 Å². The van der Waals surface area contributed by atoms with Gasteiger partial charge in [0.15, 0.2) is 5.82 Å². The largest absolute Gasteiger partial charge is 0.494 e. The topological polar surface area (TPSA) is 111 Å². The number of aromatic amines is 2. The maximum absolute atomic E-state index is 11.3. The van der Waals surface area contributed by atoms with E-state index >= 15 is 0 Å². The molecule has 2 aromatic rings. The molecule has 2 rings (SSSR count). The summed E-state index contributed by atoms with van der Waals surface area (Å²) in [6, 6.07) is 5.09. The van der Waals surface area contributed by atoms with Gasteiger partial charge in [-0.15, -0.1) is 0 Å². The highest BCUT2D eigenvalue weighted by molar-refractivity contribution is 5.83. The molecule has 0 fully saturated rings. The lowest BCUT2D eigenvalue weighted by atomic mass is 10.3. The Morgan fingerprint density at radius 3 is 2.76 bits per heavy atom. The van der Waals surface area contributed by atoms with Crippen molar-refractivity contribution in [2.75, 3.05) is 0 Å². The lowest BCUT2D eigenvalue weighted by molar-refractivity contribution is 0.447. The average molecular weight is 232 g/mol. The van der Waals surface area contributed by atoms with Crippen LogP contribution in [-0.4, -0.2) is 26.3 Å². The summed E-state index contributed by atoms with van der Waals surface area (Å²) < 4.78 is 0. The van der Waals surface area contributed by atoms with Gasteiger partial charge in [0.2, 0.25) is 5.88 Å². The van der Waals surface area contributed by atoms with E-state index in [1.54, 1.807) is 24.4 Å². The van der Waals surface area contributed by atoms with Gasteiger partial charge in [0, 0.05) is 12.4 Å². The molecule has 17 heavy (non-hydrogen) atoms. The Kier molecular flexibility index (Phi) is 2.82. The van der Waals surface area contributed by atoms with E-state index in [9.17, 15) is 14.7 Å². The summed E-state index contributed by atoms with van der Waals surface area (Å²) in [5.41, 5.74) is -1.62. The minimum atomic E-state index is -0.775. The maximum Gasteiger partial charge on any atom is 0.328 e. The number of H-pyrrole nitrogens is 2. The third-order valence-corrected chi connectivity index (χ3v) is 1.93. The van der Waals surface area contributed by atoms with E-state index in [1.807, 2.05) is 9.97 Å². The zero-order valence-electron chi connectivity index (χ0n) is 8.54. The number of nitrogens with one attached hydrogen (secondary N) is 2. The molecule has 2 heterocycles. The van der Waals surface area contributed by atoms with Gasteiger partial charge >= 0.3 is 5.69 Å². The highest BCUT2D eigenvalue weighted by Crippen LogP contribution is 2.07. The van der Waals surface area contributed by atoms with Crippen LogP contribution in [0.25, 0.3) is 0 Å². The molecule has 0 aliphatic carbocycles. The van der Waals surface area contributed by atoms with Gasteiger partial charge in [0.25, 0.3) is 5.56 Å². The number of aromatic nitrogens is 3. The molecule has 2 aromatic heterocycles. The number of aromatic hydroxyl groups is 1. The molecule has 7 heteroatoms. The average Bonchev–Trinajstić information content (AvgIpc) is 2.29. The molecule has 0 saturated heterocycles. The number of hydrogen-bond acceptors (Lipinski definition) is 5. The van der Waals surface area contributed by atoms with Gasteiger partial charge in [-0.05, 0) is 12.1 Å². The molecule has 0 saturated carbocycles. The molecule has 0 aromatic carbocycles. The van der Waals surface area contributed by atoms with Crippen LogP contribution >= 0.6 is 0 Å². The monoisotopic (exact) mass is 232 g/mol. The molecule has 0 unspecified atom stereocenters. The predicted octanol–water partition coefficient (Wildman–Crippen LogP) is -0.0856. The van der Waals surface area contributed by atoms with Crippen molar-refractivity contribution >= 4 is 12.0 Å². The number of pyridine rings is 1. The lowest BCUT2D eigenvalue weighted by Gasteiger charge is -1.95. The van der Waals surface area contributed by atoms with E-state index in [0.29, 0.717) is 5.82 Å². The standard InChI is InChI=1S/C10H8N4O3/c15-8-6(9(16)14-10(17)13-8)5-12-7-3-1-2-4-11-7/h1-5H,(H3,13,14,15,16,17)/b12-5+. The van der Waals surface area contributed by atoms with Crippen molar-refractivity contribution in [2.45, 2.75) is 0 Å². The molecule has 7 nitrogen and oxygen atoms in total. The van der Waals surface area contributed by atoms with Gasteiger partial charge in [-0.1, -0.05) is 6.07 Å². The van der Waals surface area contributed by atoms with Crippen molar-refractivity contribution in [1.29, 1.82) is 0 Å². The van der Waals surface area contributed by atoms with Crippen LogP contribution in [0.3, 0.4) is 0 Å². The van der Waals surface area contributed by atoms with Gasteiger partial charge in [-0.25, -0.2) is 14.8 Å². The zero-order chi connectivity index (χ0) is 12.3. The molecule has 0 spiro atoms. The summed E-state index contributed by atoms with van der Waals surface area (Å²) in [5, 5.41) is 9.36. The van der Waals surface area contributed by atoms with Crippen LogP contribution in [0, 0.1) is 0 Å². The van der Waals surface area contributed by atoms with Crippen molar-refractivity contribution in [2.24, 2.45) is 4.99 Å². The van der Waals surface area contributed by atoms with Crippen molar-refractivity contribution < 1.29 is 5.11 Å².